The van der Waals surface area contributed by atoms with Gasteiger partial charge in [-0.15, -0.1) is 0 Å². The van der Waals surface area contributed by atoms with Gasteiger partial charge in [0.25, 0.3) is 11.8 Å². The number of halogens is 1. The molecule has 2 aliphatic rings. The molecule has 214 valence electrons. The van der Waals surface area contributed by atoms with E-state index in [4.69, 9.17) is 11.6 Å². The van der Waals surface area contributed by atoms with Crippen LogP contribution in [0, 0.1) is 12.8 Å². The highest BCUT2D eigenvalue weighted by molar-refractivity contribution is 6.34. The van der Waals surface area contributed by atoms with Crippen molar-refractivity contribution in [1.82, 2.24) is 25.0 Å². The number of piperidine rings is 1. The molecule has 3 aromatic rings. The molecule has 1 fully saturated rings. The van der Waals surface area contributed by atoms with Crippen molar-refractivity contribution in [2.75, 3.05) is 43.6 Å². The summed E-state index contributed by atoms with van der Waals surface area (Å²) < 4.78 is 1.53. The van der Waals surface area contributed by atoms with E-state index < -0.39 is 0 Å². The summed E-state index contributed by atoms with van der Waals surface area (Å²) in [5.74, 6) is 0.797. The van der Waals surface area contributed by atoms with E-state index in [1.54, 1.807) is 31.2 Å². The van der Waals surface area contributed by atoms with Gasteiger partial charge in [-0.2, -0.15) is 9.78 Å². The number of carbonyl (C=O) groups is 2. The molecule has 1 aromatic carbocycles. The van der Waals surface area contributed by atoms with Crippen molar-refractivity contribution in [1.29, 1.82) is 0 Å². The van der Waals surface area contributed by atoms with E-state index in [-0.39, 0.29) is 17.5 Å². The largest absolute Gasteiger partial charge is 0.371 e. The molecule has 2 amide bonds. The van der Waals surface area contributed by atoms with E-state index in [1.807, 2.05) is 49.5 Å². The van der Waals surface area contributed by atoms with Gasteiger partial charge in [0.1, 0.15) is 12.5 Å². The average Bonchev–Trinajstić information content (AvgIpc) is 3.31. The fourth-order valence-electron chi connectivity index (χ4n) is 5.11. The fourth-order valence-corrected chi connectivity index (χ4v) is 5.34. The smallest absolute Gasteiger partial charge is 0.272 e. The maximum atomic E-state index is 13.3. The zero-order valence-electron chi connectivity index (χ0n) is 23.6. The Morgan fingerprint density at radius 2 is 1.78 bits per heavy atom. The van der Waals surface area contributed by atoms with Gasteiger partial charge in [0.15, 0.2) is 11.5 Å². The van der Waals surface area contributed by atoms with Crippen LogP contribution in [-0.4, -0.2) is 70.7 Å². The zero-order valence-corrected chi connectivity index (χ0v) is 24.4. The molecule has 5 rings (SSSR count). The van der Waals surface area contributed by atoms with Crippen molar-refractivity contribution < 1.29 is 9.59 Å². The number of allylic oxidation sites excluding steroid dienone is 2. The lowest BCUT2D eigenvalue weighted by Gasteiger charge is -2.33. The van der Waals surface area contributed by atoms with Crippen molar-refractivity contribution in [2.24, 2.45) is 10.9 Å². The molecule has 0 saturated carbocycles. The van der Waals surface area contributed by atoms with E-state index in [9.17, 15) is 9.59 Å². The molecule has 0 bridgehead atoms. The Balaban J connectivity index is 1.28. The molecule has 11 heteroatoms. The van der Waals surface area contributed by atoms with Gasteiger partial charge in [0.05, 0.1) is 10.6 Å². The number of benzene rings is 1. The number of pyridine rings is 1. The second-order valence-corrected chi connectivity index (χ2v) is 10.9. The van der Waals surface area contributed by atoms with Crippen LogP contribution in [0.4, 0.5) is 11.5 Å². The Hall–Kier alpha value is -4.18. The summed E-state index contributed by atoms with van der Waals surface area (Å²) in [7, 11) is 1.95. The Morgan fingerprint density at radius 3 is 2.49 bits per heavy atom. The first kappa shape index (κ1) is 28.4. The number of nitrogens with zero attached hydrogens (tertiary/aromatic N) is 6. The lowest BCUT2D eigenvalue weighted by atomic mass is 9.93. The number of nitrogens with one attached hydrogen (secondary N) is 2. The van der Waals surface area contributed by atoms with Gasteiger partial charge < -0.3 is 20.4 Å². The normalized spacial score (nSPS) is 15.8. The Kier molecular flexibility index (Phi) is 8.68. The summed E-state index contributed by atoms with van der Waals surface area (Å²) >= 11 is 6.27. The number of rotatable bonds is 7. The van der Waals surface area contributed by atoms with Crippen LogP contribution in [0.2, 0.25) is 5.02 Å². The summed E-state index contributed by atoms with van der Waals surface area (Å²) in [6, 6.07) is 10.9. The monoisotopic (exact) mass is 574 g/mol. The number of aliphatic imine (C=N–C) groups is 1. The summed E-state index contributed by atoms with van der Waals surface area (Å²) in [6.45, 7) is 6.73. The van der Waals surface area contributed by atoms with Crippen LogP contribution >= 0.6 is 11.6 Å². The molecule has 0 aliphatic carbocycles. The van der Waals surface area contributed by atoms with Crippen LogP contribution in [0.3, 0.4) is 0 Å². The average molecular weight is 575 g/mol. The van der Waals surface area contributed by atoms with Crippen LogP contribution in [0.1, 0.15) is 52.6 Å². The predicted molar refractivity (Wildman–Crippen MR) is 162 cm³/mol. The maximum Gasteiger partial charge on any atom is 0.272 e. The first-order valence-electron chi connectivity index (χ1n) is 13.8. The molecule has 41 heavy (non-hydrogen) atoms. The van der Waals surface area contributed by atoms with Crippen LogP contribution in [0.25, 0.3) is 0 Å². The molecule has 0 unspecified atom stereocenters. The third-order valence-corrected chi connectivity index (χ3v) is 8.10. The standard InChI is InChI=1S/C30H35ClN8O2/c1-20-18-26(34-19-37(20)3)39-28(35-29(40)24-6-4-5-7-25(24)31)21(2)27(36-39)30(41)33-15-8-22-11-16-38(17-12-22)23-9-13-32-14-10-23/h4-7,9-10,13-14,18,22H,8,11-12,15-17,19H2,1-3H3,(H,33,41)(H,35,40). The highest BCUT2D eigenvalue weighted by Crippen LogP contribution is 2.26. The minimum Gasteiger partial charge on any atom is -0.371 e. The molecule has 2 aromatic heterocycles. The number of carbonyl (C=O) groups excluding carboxylic acids is 2. The van der Waals surface area contributed by atoms with Gasteiger partial charge in [-0.1, -0.05) is 23.7 Å². The molecular weight excluding hydrogens is 540 g/mol. The quantitative estimate of drug-likeness (QED) is 0.428. The van der Waals surface area contributed by atoms with Gasteiger partial charge >= 0.3 is 0 Å². The fraction of sp³-hybridized carbons (Fsp3) is 0.367. The van der Waals surface area contributed by atoms with Crippen LogP contribution in [-0.2, 0) is 0 Å². The highest BCUT2D eigenvalue weighted by atomic mass is 35.5. The first-order chi connectivity index (χ1) is 19.8. The van der Waals surface area contributed by atoms with Crippen molar-refractivity contribution in [2.45, 2.75) is 33.1 Å². The van der Waals surface area contributed by atoms with E-state index >= 15 is 0 Å². The molecule has 0 radical (unpaired) electrons. The number of aromatic nitrogens is 3. The summed E-state index contributed by atoms with van der Waals surface area (Å²) in [5.41, 5.74) is 3.34. The van der Waals surface area contributed by atoms with Crippen molar-refractivity contribution in [3.63, 3.8) is 0 Å². The van der Waals surface area contributed by atoms with Crippen molar-refractivity contribution in [3.8, 4) is 0 Å². The third-order valence-electron chi connectivity index (χ3n) is 7.77. The molecule has 0 atom stereocenters. The van der Waals surface area contributed by atoms with Crippen molar-refractivity contribution in [3.05, 3.63) is 82.4 Å². The lowest BCUT2D eigenvalue weighted by molar-refractivity contribution is 0.0944. The molecular formula is C30H35ClN8O2. The van der Waals surface area contributed by atoms with E-state index in [2.05, 4.69) is 30.6 Å². The SMILES string of the molecule is CC1=CC(n2nc(C(=O)NCCC3CCN(c4ccncc4)CC3)c(C)c2NC(=O)c2ccccc2Cl)=NCN1C. The second kappa shape index (κ2) is 12.6. The number of hydrogen-bond donors (Lipinski definition) is 2. The molecule has 0 spiro atoms. The minimum atomic E-state index is -0.390. The summed E-state index contributed by atoms with van der Waals surface area (Å²) in [4.78, 5) is 39.6. The number of amides is 2. The predicted octanol–water partition coefficient (Wildman–Crippen LogP) is 4.58. The minimum absolute atomic E-state index is 0.250. The van der Waals surface area contributed by atoms with Gasteiger partial charge in [-0.05, 0) is 63.3 Å². The highest BCUT2D eigenvalue weighted by Gasteiger charge is 2.26. The lowest BCUT2D eigenvalue weighted by Crippen LogP contribution is -2.35. The first-order valence-corrected chi connectivity index (χ1v) is 14.2. The number of anilines is 2. The summed E-state index contributed by atoms with van der Waals surface area (Å²) in [5, 5.41) is 10.9. The Bertz CT molecular complexity index is 1470. The van der Waals surface area contributed by atoms with Gasteiger partial charge in [-0.25, -0.2) is 4.99 Å². The van der Waals surface area contributed by atoms with Crippen LogP contribution in [0.5, 0.6) is 0 Å². The maximum absolute atomic E-state index is 13.3. The van der Waals surface area contributed by atoms with Crippen LogP contribution < -0.4 is 15.5 Å². The topological polar surface area (TPSA) is 108 Å². The zero-order chi connectivity index (χ0) is 28.9. The van der Waals surface area contributed by atoms with Gasteiger partial charge in [-0.3, -0.25) is 14.6 Å². The van der Waals surface area contributed by atoms with Gasteiger partial charge in [0.2, 0.25) is 0 Å². The number of hydrogen-bond acceptors (Lipinski definition) is 7. The van der Waals surface area contributed by atoms with Gasteiger partial charge in [0, 0.05) is 62.1 Å². The molecule has 10 nitrogen and oxygen atoms in total. The Labute approximate surface area is 245 Å². The van der Waals surface area contributed by atoms with E-state index in [0.29, 0.717) is 46.9 Å². The molecule has 4 heterocycles. The third kappa shape index (κ3) is 6.43. The second-order valence-electron chi connectivity index (χ2n) is 10.5. The molecule has 2 N–H and O–H groups in total. The Morgan fingerprint density at radius 1 is 1.05 bits per heavy atom. The van der Waals surface area contributed by atoms with Crippen molar-refractivity contribution >= 4 is 40.8 Å². The van der Waals surface area contributed by atoms with Crippen LogP contribution in [0.15, 0.2) is 65.6 Å². The van der Waals surface area contributed by atoms with E-state index in [1.165, 1.54) is 10.4 Å². The summed E-state index contributed by atoms with van der Waals surface area (Å²) in [6.07, 6.45) is 8.57. The molecule has 2 aliphatic heterocycles. The molecule has 1 saturated heterocycles. The van der Waals surface area contributed by atoms with E-state index in [0.717, 1.165) is 38.0 Å².